The van der Waals surface area contributed by atoms with Crippen molar-refractivity contribution in [1.82, 2.24) is 0 Å². The quantitative estimate of drug-likeness (QED) is 0.511. The first kappa shape index (κ1) is 8.95. The fourth-order valence-electron chi connectivity index (χ4n) is 1.36. The summed E-state index contributed by atoms with van der Waals surface area (Å²) in [4.78, 5) is 0. The van der Waals surface area contributed by atoms with E-state index in [-0.39, 0.29) is 11.9 Å². The molecule has 0 saturated carbocycles. The molecule has 1 saturated heterocycles. The summed E-state index contributed by atoms with van der Waals surface area (Å²) in [7, 11) is 0. The van der Waals surface area contributed by atoms with Crippen molar-refractivity contribution in [2.75, 3.05) is 26.3 Å². The average molecular weight is 271 g/mol. The number of rotatable bonds is 9. The van der Waals surface area contributed by atoms with E-state index >= 15 is 0 Å². The molecule has 0 spiro atoms. The van der Waals surface area contributed by atoms with Crippen molar-refractivity contribution in [1.29, 1.82) is 0 Å². The van der Waals surface area contributed by atoms with Crippen LogP contribution in [0, 0.1) is 0 Å². The summed E-state index contributed by atoms with van der Waals surface area (Å²) >= 11 is 0. The third kappa shape index (κ3) is 6.05. The predicted octanol–water partition coefficient (Wildman–Crippen LogP) is 2.41. The Kier molecular flexibility index (Phi) is 3.52. The van der Waals surface area contributed by atoms with Gasteiger partial charge in [-0.1, -0.05) is 12.1 Å². The zero-order chi connectivity index (χ0) is 18.0. The van der Waals surface area contributed by atoms with Gasteiger partial charge in [0, 0.05) is 0 Å². The van der Waals surface area contributed by atoms with E-state index in [9.17, 15) is 0 Å². The van der Waals surface area contributed by atoms with E-state index in [4.69, 9.17) is 21.1 Å². The van der Waals surface area contributed by atoms with Crippen molar-refractivity contribution in [2.24, 2.45) is 0 Å². The second-order valence-electron chi connectivity index (χ2n) is 4.35. The van der Waals surface area contributed by atoms with Crippen molar-refractivity contribution in [2.45, 2.75) is 32.6 Å². The maximum Gasteiger partial charge on any atom is 0.119 e. The van der Waals surface area contributed by atoms with E-state index in [2.05, 4.69) is 4.74 Å². The van der Waals surface area contributed by atoms with Crippen LogP contribution < -0.4 is 4.74 Å². The van der Waals surface area contributed by atoms with E-state index in [1.807, 2.05) is 13.8 Å². The summed E-state index contributed by atoms with van der Waals surface area (Å²) < 4.78 is 58.2. The van der Waals surface area contributed by atoms with Crippen LogP contribution >= 0.6 is 0 Å². The van der Waals surface area contributed by atoms with Crippen molar-refractivity contribution >= 4 is 0 Å². The molecular weight excluding hydrogens is 244 g/mol. The van der Waals surface area contributed by atoms with Gasteiger partial charge in [-0.3, -0.25) is 0 Å². The van der Waals surface area contributed by atoms with Crippen molar-refractivity contribution in [3.63, 3.8) is 0 Å². The molecule has 1 aromatic rings. The van der Waals surface area contributed by atoms with Crippen LogP contribution in [0.25, 0.3) is 0 Å². The summed E-state index contributed by atoms with van der Waals surface area (Å²) in [6, 6.07) is 6.52. The lowest BCUT2D eigenvalue weighted by atomic mass is 10.2. The van der Waals surface area contributed by atoms with Crippen LogP contribution in [-0.2, 0) is 20.8 Å². The largest absolute Gasteiger partial charge is 0.491 e. The Morgan fingerprint density at radius 3 is 2.79 bits per heavy atom. The molecule has 0 N–H and O–H groups in total. The van der Waals surface area contributed by atoms with Crippen LogP contribution in [0.15, 0.2) is 24.3 Å². The van der Waals surface area contributed by atoms with Gasteiger partial charge in [-0.15, -0.1) is 0 Å². The van der Waals surface area contributed by atoms with Gasteiger partial charge in [0.25, 0.3) is 0 Å². The number of hydrogen-bond donors (Lipinski definition) is 0. The Bertz CT molecular complexity index is 549. The molecule has 1 aliphatic heterocycles. The first-order valence-electron chi connectivity index (χ1n) is 8.75. The lowest BCUT2D eigenvalue weighted by Crippen LogP contribution is -2.09. The van der Waals surface area contributed by atoms with Gasteiger partial charge >= 0.3 is 0 Å². The Balaban J connectivity index is 1.82. The molecule has 1 unspecified atom stereocenters. The highest BCUT2D eigenvalue weighted by atomic mass is 16.6. The maximum atomic E-state index is 7.73. The zero-order valence-electron chi connectivity index (χ0n) is 16.1. The molecule has 1 atom stereocenters. The smallest absolute Gasteiger partial charge is 0.119 e. The summed E-state index contributed by atoms with van der Waals surface area (Å²) in [5.41, 5.74) is 0.881. The molecule has 2 rings (SSSR count). The number of benzene rings is 1. The van der Waals surface area contributed by atoms with Gasteiger partial charge < -0.3 is 18.9 Å². The molecule has 19 heavy (non-hydrogen) atoms. The number of hydrogen-bond acceptors (Lipinski definition) is 4. The van der Waals surface area contributed by atoms with Gasteiger partial charge in [0.15, 0.2) is 0 Å². The zero-order valence-corrected chi connectivity index (χ0v) is 11.1. The van der Waals surface area contributed by atoms with E-state index in [0.29, 0.717) is 19.8 Å². The van der Waals surface area contributed by atoms with Crippen molar-refractivity contribution in [3.05, 3.63) is 29.8 Å². The van der Waals surface area contributed by atoms with Crippen LogP contribution in [0.2, 0.25) is 0 Å². The molecule has 0 bridgehead atoms. The first-order valence-corrected chi connectivity index (χ1v) is 6.25. The van der Waals surface area contributed by atoms with Gasteiger partial charge in [-0.05, 0) is 31.5 Å². The monoisotopic (exact) mass is 271 g/mol. The minimum atomic E-state index is -2.61. The van der Waals surface area contributed by atoms with Crippen LogP contribution in [0.3, 0.4) is 0 Å². The first-order chi connectivity index (χ1) is 11.1. The number of ether oxygens (including phenoxy) is 4. The molecule has 1 heterocycles. The average Bonchev–Trinajstić information content (AvgIpc) is 3.00. The minimum Gasteiger partial charge on any atom is -0.491 e. The van der Waals surface area contributed by atoms with Crippen molar-refractivity contribution < 1.29 is 25.8 Å². The summed E-state index contributed by atoms with van der Waals surface area (Å²) in [6.45, 7) is 0.334. The Morgan fingerprint density at radius 2 is 2.16 bits per heavy atom. The molecule has 0 aromatic heterocycles. The van der Waals surface area contributed by atoms with Gasteiger partial charge in [-0.25, -0.2) is 0 Å². The summed E-state index contributed by atoms with van der Waals surface area (Å²) in [5.74, 6) is 0.185. The van der Waals surface area contributed by atoms with Crippen LogP contribution in [-0.4, -0.2) is 38.5 Å². The van der Waals surface area contributed by atoms with E-state index in [0.717, 1.165) is 5.56 Å². The van der Waals surface area contributed by atoms with Crippen LogP contribution in [0.5, 0.6) is 5.75 Å². The molecular formula is C15H22O4. The normalized spacial score (nSPS) is 28.9. The second kappa shape index (κ2) is 7.48. The fraction of sp³-hybridized carbons (Fsp3) is 0.600. The van der Waals surface area contributed by atoms with Gasteiger partial charge in [0.1, 0.15) is 18.4 Å². The second-order valence-corrected chi connectivity index (χ2v) is 4.35. The summed E-state index contributed by atoms with van der Waals surface area (Å²) in [5, 5.41) is 0. The van der Waals surface area contributed by atoms with E-state index in [1.54, 1.807) is 24.3 Å². The molecule has 0 radical (unpaired) electrons. The molecule has 4 heteroatoms. The van der Waals surface area contributed by atoms with Crippen LogP contribution in [0.4, 0.5) is 0 Å². The standard InChI is InChI=1S/C15H22O4/c1-12(2)17-8-7-16-9-13-3-5-14(6-4-13)18-10-15-11-19-15/h3-6,12,15H,7-11H2,1-2H3/i10D2,11D2,15D. The third-order valence-electron chi connectivity index (χ3n) is 2.34. The molecule has 1 fully saturated rings. The highest BCUT2D eigenvalue weighted by molar-refractivity contribution is 5.26. The lowest BCUT2D eigenvalue weighted by Gasteiger charge is -2.09. The summed E-state index contributed by atoms with van der Waals surface area (Å²) in [6.07, 6.45) is -2.19. The Morgan fingerprint density at radius 1 is 1.42 bits per heavy atom. The topological polar surface area (TPSA) is 40.2 Å². The van der Waals surface area contributed by atoms with Gasteiger partial charge in [-0.2, -0.15) is 0 Å². The van der Waals surface area contributed by atoms with Crippen LogP contribution in [0.1, 0.15) is 26.3 Å². The van der Waals surface area contributed by atoms with E-state index < -0.39 is 19.2 Å². The predicted molar refractivity (Wildman–Crippen MR) is 72.4 cm³/mol. The maximum absolute atomic E-state index is 7.73. The van der Waals surface area contributed by atoms with Gasteiger partial charge in [0.05, 0.1) is 39.3 Å². The molecule has 0 amide bonds. The molecule has 4 nitrogen and oxygen atoms in total. The van der Waals surface area contributed by atoms with Crippen molar-refractivity contribution in [3.8, 4) is 5.75 Å². The molecule has 1 aliphatic rings. The Labute approximate surface area is 121 Å². The van der Waals surface area contributed by atoms with Gasteiger partial charge in [0.2, 0.25) is 0 Å². The van der Waals surface area contributed by atoms with E-state index in [1.165, 1.54) is 0 Å². The Hall–Kier alpha value is -1.10. The molecule has 0 aliphatic carbocycles. The third-order valence-corrected chi connectivity index (χ3v) is 2.34. The SMILES string of the molecule is [2H]C([2H])(Oc1ccc(COCCOC(C)C)cc1)C1([2H])OC1([2H])[2H]. The number of epoxide rings is 1. The molecule has 106 valence electrons. The highest BCUT2D eigenvalue weighted by Crippen LogP contribution is 2.16. The highest BCUT2D eigenvalue weighted by Gasteiger charge is 2.22. The minimum absolute atomic E-state index is 0.169. The fourth-order valence-corrected chi connectivity index (χ4v) is 1.36. The molecule has 1 aromatic carbocycles. The lowest BCUT2D eigenvalue weighted by molar-refractivity contribution is 0.0143.